The Balaban J connectivity index is 3.32. The molecule has 0 amide bonds. The molecule has 0 radical (unpaired) electrons. The second-order valence-electron chi connectivity index (χ2n) is 4.14. The number of rotatable bonds is 0. The van der Waals surface area contributed by atoms with Crippen LogP contribution in [0.3, 0.4) is 0 Å². The van der Waals surface area contributed by atoms with Gasteiger partial charge in [-0.2, -0.15) is 4.39 Å². The minimum atomic E-state index is -0.359. The first-order chi connectivity index (χ1) is 5.34. The zero-order valence-electron chi connectivity index (χ0n) is 8.27. The molecular formula is C9H15FN2. The largest absolute Gasteiger partial charge is 0.269 e. The Labute approximate surface area is 72.4 Å². The predicted molar refractivity (Wildman–Crippen MR) is 46.6 cm³/mol. The van der Waals surface area contributed by atoms with Gasteiger partial charge in [-0.15, -0.1) is 5.10 Å². The van der Waals surface area contributed by atoms with E-state index in [1.807, 2.05) is 0 Å². The Bertz CT molecular complexity index is 294. The predicted octanol–water partition coefficient (Wildman–Crippen LogP) is 2.17. The third-order valence-electron chi connectivity index (χ3n) is 1.94. The molecule has 0 aliphatic rings. The van der Waals surface area contributed by atoms with E-state index in [1.54, 1.807) is 18.7 Å². The molecular weight excluding hydrogens is 155 g/mol. The number of nitrogens with zero attached hydrogens (tertiary/aromatic N) is 2. The summed E-state index contributed by atoms with van der Waals surface area (Å²) in [6.45, 7) is 7.92. The van der Waals surface area contributed by atoms with Crippen LogP contribution in [0, 0.1) is 12.9 Å². The Morgan fingerprint density at radius 2 is 1.83 bits per heavy atom. The molecule has 1 aromatic heterocycles. The second kappa shape index (κ2) is 2.57. The minimum Gasteiger partial charge on any atom is -0.269 e. The summed E-state index contributed by atoms with van der Waals surface area (Å²) >= 11 is 0. The summed E-state index contributed by atoms with van der Waals surface area (Å²) in [5.74, 6) is -0.359. The highest BCUT2D eigenvalue weighted by Crippen LogP contribution is 2.25. The number of aryl methyl sites for hydroxylation is 1. The summed E-state index contributed by atoms with van der Waals surface area (Å²) in [5.41, 5.74) is 1.57. The molecule has 0 fully saturated rings. The van der Waals surface area contributed by atoms with E-state index < -0.39 is 0 Å². The number of halogens is 1. The van der Waals surface area contributed by atoms with Crippen molar-refractivity contribution in [3.8, 4) is 0 Å². The van der Waals surface area contributed by atoms with E-state index in [2.05, 4.69) is 25.9 Å². The van der Waals surface area contributed by atoms with E-state index in [-0.39, 0.29) is 11.4 Å². The van der Waals surface area contributed by atoms with Crippen LogP contribution in [-0.4, -0.2) is 9.78 Å². The monoisotopic (exact) mass is 170 g/mol. The normalized spacial score (nSPS) is 12.2. The minimum absolute atomic E-state index is 0.0455. The molecule has 1 rings (SSSR count). The van der Waals surface area contributed by atoms with Crippen molar-refractivity contribution in [1.29, 1.82) is 0 Å². The van der Waals surface area contributed by atoms with Gasteiger partial charge < -0.3 is 0 Å². The lowest BCUT2D eigenvalue weighted by Crippen LogP contribution is -2.17. The Kier molecular flexibility index (Phi) is 1.98. The molecule has 0 aliphatic heterocycles. The lowest BCUT2D eigenvalue weighted by atomic mass is 9.89. The topological polar surface area (TPSA) is 17.8 Å². The maximum absolute atomic E-state index is 13.0. The molecule has 0 unspecified atom stereocenters. The molecule has 0 N–H and O–H groups in total. The summed E-state index contributed by atoms with van der Waals surface area (Å²) in [4.78, 5) is 0. The highest BCUT2D eigenvalue weighted by atomic mass is 19.1. The van der Waals surface area contributed by atoms with Gasteiger partial charge in [-0.3, -0.25) is 4.68 Å². The van der Waals surface area contributed by atoms with Crippen LogP contribution in [0.2, 0.25) is 0 Å². The lowest BCUT2D eigenvalue weighted by Gasteiger charge is -2.19. The Morgan fingerprint density at radius 3 is 2.00 bits per heavy atom. The number of hydrogen-bond acceptors (Lipinski definition) is 1. The number of aromatic nitrogens is 2. The molecule has 0 saturated heterocycles. The van der Waals surface area contributed by atoms with Crippen molar-refractivity contribution in [2.24, 2.45) is 7.05 Å². The highest BCUT2D eigenvalue weighted by Gasteiger charge is 2.23. The Hall–Kier alpha value is -0.860. The lowest BCUT2D eigenvalue weighted by molar-refractivity contribution is 0.510. The molecule has 1 heterocycles. The molecule has 68 valence electrons. The first-order valence-corrected chi connectivity index (χ1v) is 4.03. The van der Waals surface area contributed by atoms with Crippen molar-refractivity contribution in [3.05, 3.63) is 17.2 Å². The third-order valence-corrected chi connectivity index (χ3v) is 1.94. The number of hydrogen-bond donors (Lipinski definition) is 0. The molecule has 0 bridgehead atoms. The van der Waals surface area contributed by atoms with Crippen LogP contribution < -0.4 is 0 Å². The fourth-order valence-corrected chi connectivity index (χ4v) is 1.65. The maximum atomic E-state index is 13.0. The average Bonchev–Trinajstić information content (AvgIpc) is 2.05. The van der Waals surface area contributed by atoms with Gasteiger partial charge in [-0.25, -0.2) is 0 Å². The van der Waals surface area contributed by atoms with Crippen LogP contribution >= 0.6 is 0 Å². The first-order valence-electron chi connectivity index (χ1n) is 4.03. The Morgan fingerprint density at radius 1 is 1.33 bits per heavy atom. The molecule has 12 heavy (non-hydrogen) atoms. The summed E-state index contributed by atoms with van der Waals surface area (Å²) in [6.07, 6.45) is 0. The van der Waals surface area contributed by atoms with Crippen molar-refractivity contribution < 1.29 is 4.39 Å². The SMILES string of the molecule is Cc1c(F)nn(C)c1C(C)(C)C. The van der Waals surface area contributed by atoms with E-state index >= 15 is 0 Å². The van der Waals surface area contributed by atoms with E-state index in [4.69, 9.17) is 0 Å². The van der Waals surface area contributed by atoms with Crippen LogP contribution in [-0.2, 0) is 12.5 Å². The zero-order chi connectivity index (χ0) is 9.52. The van der Waals surface area contributed by atoms with E-state index in [0.29, 0.717) is 5.56 Å². The smallest absolute Gasteiger partial charge is 0.235 e. The molecule has 0 saturated carbocycles. The molecule has 2 nitrogen and oxygen atoms in total. The van der Waals surface area contributed by atoms with Crippen LogP contribution in [0.4, 0.5) is 4.39 Å². The summed E-state index contributed by atoms with van der Waals surface area (Å²) < 4.78 is 14.6. The standard InChI is InChI=1S/C9H15FN2/c1-6-7(9(2,3)4)12(5)11-8(6)10/h1-5H3. The van der Waals surface area contributed by atoms with Gasteiger partial charge in [0.05, 0.1) is 0 Å². The molecule has 1 aromatic rings. The zero-order valence-corrected chi connectivity index (χ0v) is 8.27. The van der Waals surface area contributed by atoms with Crippen molar-refractivity contribution in [2.45, 2.75) is 33.1 Å². The third kappa shape index (κ3) is 1.36. The van der Waals surface area contributed by atoms with Crippen LogP contribution in [0.25, 0.3) is 0 Å². The fourth-order valence-electron chi connectivity index (χ4n) is 1.65. The second-order valence-corrected chi connectivity index (χ2v) is 4.14. The summed E-state index contributed by atoms with van der Waals surface area (Å²) in [5, 5.41) is 3.73. The van der Waals surface area contributed by atoms with E-state index in [0.717, 1.165) is 5.69 Å². The van der Waals surface area contributed by atoms with Gasteiger partial charge in [0.2, 0.25) is 5.95 Å². The van der Waals surface area contributed by atoms with Crippen molar-refractivity contribution in [1.82, 2.24) is 9.78 Å². The van der Waals surface area contributed by atoms with E-state index in [9.17, 15) is 4.39 Å². The van der Waals surface area contributed by atoms with Gasteiger partial charge in [0.1, 0.15) is 0 Å². The van der Waals surface area contributed by atoms with Crippen LogP contribution in [0.1, 0.15) is 32.0 Å². The average molecular weight is 170 g/mol. The van der Waals surface area contributed by atoms with Gasteiger partial charge in [-0.05, 0) is 6.92 Å². The van der Waals surface area contributed by atoms with Crippen molar-refractivity contribution >= 4 is 0 Å². The molecule has 0 atom stereocenters. The van der Waals surface area contributed by atoms with Crippen LogP contribution in [0.5, 0.6) is 0 Å². The maximum Gasteiger partial charge on any atom is 0.235 e. The van der Waals surface area contributed by atoms with Crippen molar-refractivity contribution in [3.63, 3.8) is 0 Å². The molecule has 3 heteroatoms. The molecule has 0 spiro atoms. The van der Waals surface area contributed by atoms with E-state index in [1.165, 1.54) is 0 Å². The van der Waals surface area contributed by atoms with Gasteiger partial charge >= 0.3 is 0 Å². The van der Waals surface area contributed by atoms with Gasteiger partial charge in [0.15, 0.2) is 0 Å². The summed E-state index contributed by atoms with van der Waals surface area (Å²) in [6, 6.07) is 0. The summed E-state index contributed by atoms with van der Waals surface area (Å²) in [7, 11) is 1.77. The van der Waals surface area contributed by atoms with Crippen molar-refractivity contribution in [2.75, 3.05) is 0 Å². The first kappa shape index (κ1) is 9.23. The highest BCUT2D eigenvalue weighted by molar-refractivity contribution is 5.24. The fraction of sp³-hybridized carbons (Fsp3) is 0.667. The quantitative estimate of drug-likeness (QED) is 0.583. The van der Waals surface area contributed by atoms with Gasteiger partial charge in [-0.1, -0.05) is 20.8 Å². The van der Waals surface area contributed by atoms with Gasteiger partial charge in [0.25, 0.3) is 0 Å². The molecule has 0 aromatic carbocycles. The van der Waals surface area contributed by atoms with Crippen LogP contribution in [0.15, 0.2) is 0 Å². The molecule has 0 aliphatic carbocycles. The van der Waals surface area contributed by atoms with Gasteiger partial charge in [0, 0.05) is 23.7 Å².